The molecule has 166 valence electrons. The normalized spacial score (nSPS) is 16.3. The monoisotopic (exact) mass is 543 g/mol. The molecule has 30 heavy (non-hydrogen) atoms. The van der Waals surface area contributed by atoms with Gasteiger partial charge in [0.25, 0.3) is 0 Å². The molecule has 2 aliphatic rings. The molecule has 0 radical (unpaired) electrons. The largest absolute Gasteiger partial charge is 0.356 e. The van der Waals surface area contributed by atoms with Crippen molar-refractivity contribution in [3.63, 3.8) is 0 Å². The van der Waals surface area contributed by atoms with E-state index in [-0.39, 0.29) is 24.0 Å². The van der Waals surface area contributed by atoms with Crippen LogP contribution in [0, 0.1) is 0 Å². The van der Waals surface area contributed by atoms with E-state index >= 15 is 0 Å². The van der Waals surface area contributed by atoms with Crippen LogP contribution in [0.3, 0.4) is 0 Å². The third-order valence-electron chi connectivity index (χ3n) is 5.88. The first kappa shape index (κ1) is 23.4. The smallest absolute Gasteiger partial charge is 0.193 e. The van der Waals surface area contributed by atoms with Crippen LogP contribution in [-0.4, -0.2) is 51.2 Å². The molecule has 0 aromatic carbocycles. The van der Waals surface area contributed by atoms with Gasteiger partial charge in [0.15, 0.2) is 5.96 Å². The van der Waals surface area contributed by atoms with E-state index in [0.717, 1.165) is 57.1 Å². The van der Waals surface area contributed by atoms with Crippen molar-refractivity contribution in [3.8, 4) is 0 Å². The Bertz CT molecular complexity index is 821. The molecule has 4 rings (SSSR count). The lowest BCUT2D eigenvalue weighted by molar-refractivity contribution is 0.473. The topological polar surface area (TPSA) is 71.2 Å². The van der Waals surface area contributed by atoms with Gasteiger partial charge in [-0.3, -0.25) is 4.99 Å². The van der Waals surface area contributed by atoms with Crippen molar-refractivity contribution in [3.05, 3.63) is 27.2 Å². The molecule has 1 N–H and O–H groups in total. The van der Waals surface area contributed by atoms with E-state index in [0.29, 0.717) is 0 Å². The Kier molecular flexibility index (Phi) is 8.91. The second-order valence-corrected chi connectivity index (χ2v) is 9.28. The van der Waals surface area contributed by atoms with E-state index in [2.05, 4.69) is 37.0 Å². The number of guanidine groups is 1. The lowest BCUT2D eigenvalue weighted by Crippen LogP contribution is -2.39. The van der Waals surface area contributed by atoms with Crippen LogP contribution in [0.5, 0.6) is 0 Å². The Morgan fingerprint density at radius 2 is 1.97 bits per heavy atom. The van der Waals surface area contributed by atoms with E-state index in [1.165, 1.54) is 59.9 Å². The van der Waals surface area contributed by atoms with Crippen LogP contribution in [-0.2, 0) is 38.8 Å². The number of aromatic nitrogens is 4. The van der Waals surface area contributed by atoms with Crippen molar-refractivity contribution in [2.45, 2.75) is 77.3 Å². The Hall–Kier alpha value is -1.23. The molecule has 1 aliphatic carbocycles. The molecule has 0 bridgehead atoms. The van der Waals surface area contributed by atoms with E-state index in [4.69, 9.17) is 4.98 Å². The van der Waals surface area contributed by atoms with Crippen LogP contribution in [0.2, 0.25) is 0 Å². The Labute approximate surface area is 200 Å². The summed E-state index contributed by atoms with van der Waals surface area (Å²) in [4.78, 5) is 13.0. The summed E-state index contributed by atoms with van der Waals surface area (Å²) in [5.41, 5.74) is 1.33. The molecular formula is C21H34IN7S. The molecule has 0 fully saturated rings. The highest BCUT2D eigenvalue weighted by atomic mass is 127. The van der Waals surface area contributed by atoms with Crippen molar-refractivity contribution in [2.24, 2.45) is 4.99 Å². The first-order valence-electron chi connectivity index (χ1n) is 11.0. The molecule has 0 saturated carbocycles. The maximum Gasteiger partial charge on any atom is 0.193 e. The average molecular weight is 544 g/mol. The van der Waals surface area contributed by atoms with Crippen LogP contribution in [0.25, 0.3) is 0 Å². The third-order valence-corrected chi connectivity index (χ3v) is 7.02. The molecule has 0 unspecified atom stereocenters. The molecule has 2 aromatic heterocycles. The summed E-state index contributed by atoms with van der Waals surface area (Å²) in [6, 6.07) is 0. The molecule has 2 aromatic rings. The van der Waals surface area contributed by atoms with Gasteiger partial charge in [0, 0.05) is 44.9 Å². The standard InChI is InChI=1S/C21H33N7S.HI/c1-22-21(27(2)15-20-24-16-9-5-6-10-17(16)29-20)23-13-8-12-19-26-25-18-11-4-3-7-14-28(18)19;/h3-15H2,1-2H3,(H,22,23);1H. The van der Waals surface area contributed by atoms with Gasteiger partial charge in [0.05, 0.1) is 12.2 Å². The van der Waals surface area contributed by atoms with E-state index in [1.54, 1.807) is 0 Å². The summed E-state index contributed by atoms with van der Waals surface area (Å²) in [6.45, 7) is 2.77. The zero-order chi connectivity index (χ0) is 20.1. The summed E-state index contributed by atoms with van der Waals surface area (Å²) >= 11 is 1.88. The van der Waals surface area contributed by atoms with E-state index in [1.807, 2.05) is 18.4 Å². The summed E-state index contributed by atoms with van der Waals surface area (Å²) in [7, 11) is 3.94. The summed E-state index contributed by atoms with van der Waals surface area (Å²) in [5, 5.41) is 13.5. The van der Waals surface area contributed by atoms with Gasteiger partial charge in [-0.05, 0) is 44.9 Å². The third kappa shape index (κ3) is 5.72. The van der Waals surface area contributed by atoms with Gasteiger partial charge in [-0.2, -0.15) is 0 Å². The van der Waals surface area contributed by atoms with Gasteiger partial charge in [0.2, 0.25) is 0 Å². The van der Waals surface area contributed by atoms with Crippen molar-refractivity contribution < 1.29 is 0 Å². The highest BCUT2D eigenvalue weighted by Gasteiger charge is 2.17. The quantitative estimate of drug-likeness (QED) is 0.261. The van der Waals surface area contributed by atoms with Crippen LogP contribution >= 0.6 is 35.3 Å². The van der Waals surface area contributed by atoms with Crippen LogP contribution in [0.15, 0.2) is 4.99 Å². The maximum atomic E-state index is 4.86. The second-order valence-electron chi connectivity index (χ2n) is 8.11. The Morgan fingerprint density at radius 1 is 1.13 bits per heavy atom. The number of nitrogens with one attached hydrogen (secondary N) is 1. The molecule has 3 heterocycles. The molecule has 1 aliphatic heterocycles. The number of thiazole rings is 1. The number of nitrogens with zero attached hydrogens (tertiary/aromatic N) is 6. The zero-order valence-electron chi connectivity index (χ0n) is 18.2. The molecule has 0 atom stereocenters. The molecule has 0 saturated heterocycles. The highest BCUT2D eigenvalue weighted by Crippen LogP contribution is 2.27. The SMILES string of the molecule is CN=C(NCCCc1nnc2n1CCCCC2)N(C)Cc1nc2c(s1)CCCC2.I. The number of halogens is 1. The fraction of sp³-hybridized carbons (Fsp3) is 0.714. The second kappa shape index (κ2) is 11.4. The number of rotatable bonds is 6. The first-order chi connectivity index (χ1) is 14.2. The zero-order valence-corrected chi connectivity index (χ0v) is 21.3. The fourth-order valence-electron chi connectivity index (χ4n) is 4.31. The molecule has 9 heteroatoms. The van der Waals surface area contributed by atoms with Gasteiger partial charge < -0.3 is 14.8 Å². The van der Waals surface area contributed by atoms with Crippen LogP contribution in [0.1, 0.15) is 65.8 Å². The van der Waals surface area contributed by atoms with Gasteiger partial charge in [-0.25, -0.2) is 4.98 Å². The van der Waals surface area contributed by atoms with Gasteiger partial charge in [0.1, 0.15) is 16.7 Å². The minimum Gasteiger partial charge on any atom is -0.356 e. The van der Waals surface area contributed by atoms with Gasteiger partial charge >= 0.3 is 0 Å². The fourth-order valence-corrected chi connectivity index (χ4v) is 5.52. The lowest BCUT2D eigenvalue weighted by Gasteiger charge is -2.21. The van der Waals surface area contributed by atoms with Crippen LogP contribution < -0.4 is 5.32 Å². The van der Waals surface area contributed by atoms with Crippen molar-refractivity contribution >= 4 is 41.3 Å². The summed E-state index contributed by atoms with van der Waals surface area (Å²) in [6.07, 6.45) is 11.8. The van der Waals surface area contributed by atoms with E-state index < -0.39 is 0 Å². The number of aryl methyl sites for hydroxylation is 4. The Balaban J connectivity index is 0.00000256. The number of aliphatic imine (C=N–C) groups is 1. The van der Waals surface area contributed by atoms with Crippen LogP contribution in [0.4, 0.5) is 0 Å². The average Bonchev–Trinajstić information content (AvgIpc) is 3.23. The van der Waals surface area contributed by atoms with Crippen molar-refractivity contribution in [1.29, 1.82) is 0 Å². The minimum atomic E-state index is 0. The molecule has 7 nitrogen and oxygen atoms in total. The van der Waals surface area contributed by atoms with Crippen molar-refractivity contribution in [1.82, 2.24) is 30.0 Å². The molecular weight excluding hydrogens is 509 g/mol. The highest BCUT2D eigenvalue weighted by molar-refractivity contribution is 14.0. The van der Waals surface area contributed by atoms with Crippen molar-refractivity contribution in [2.75, 3.05) is 20.6 Å². The molecule has 0 amide bonds. The summed E-state index contributed by atoms with van der Waals surface area (Å²) < 4.78 is 2.35. The predicted molar refractivity (Wildman–Crippen MR) is 133 cm³/mol. The lowest BCUT2D eigenvalue weighted by atomic mass is 10.0. The predicted octanol–water partition coefficient (Wildman–Crippen LogP) is 3.60. The first-order valence-corrected chi connectivity index (χ1v) is 11.9. The molecule has 0 spiro atoms. The number of hydrogen-bond donors (Lipinski definition) is 1. The number of hydrogen-bond acceptors (Lipinski definition) is 5. The van der Waals surface area contributed by atoms with Gasteiger partial charge in [-0.15, -0.1) is 45.5 Å². The number of fused-ring (bicyclic) bond motifs is 2. The summed E-state index contributed by atoms with van der Waals surface area (Å²) in [5.74, 6) is 3.24. The van der Waals surface area contributed by atoms with E-state index in [9.17, 15) is 0 Å². The maximum absolute atomic E-state index is 4.86. The van der Waals surface area contributed by atoms with Gasteiger partial charge in [-0.1, -0.05) is 6.42 Å². The Morgan fingerprint density at radius 3 is 2.80 bits per heavy atom. The minimum absolute atomic E-state index is 0.